The first-order chi connectivity index (χ1) is 8.56. The lowest BCUT2D eigenvalue weighted by molar-refractivity contribution is 0.0785. The minimum absolute atomic E-state index is 0.0431. The van der Waals surface area contributed by atoms with E-state index in [1.165, 1.54) is 0 Å². The fourth-order valence-electron chi connectivity index (χ4n) is 1.77. The number of aryl methyl sites for hydroxylation is 1. The molecule has 5 heteroatoms. The Morgan fingerprint density at radius 1 is 1.50 bits per heavy atom. The van der Waals surface area contributed by atoms with Crippen LogP contribution in [0.1, 0.15) is 21.6 Å². The summed E-state index contributed by atoms with van der Waals surface area (Å²) in [5, 5.41) is 4.04. The highest BCUT2D eigenvalue weighted by Gasteiger charge is 2.13. The number of carbonyl (C=O) groups is 1. The minimum atomic E-state index is -0.0431. The van der Waals surface area contributed by atoms with Crippen molar-refractivity contribution < 1.29 is 4.79 Å². The van der Waals surface area contributed by atoms with E-state index >= 15 is 0 Å². The molecule has 94 valence electrons. The molecule has 0 aromatic carbocycles. The summed E-state index contributed by atoms with van der Waals surface area (Å²) in [5.74, 6) is 0.334. The van der Waals surface area contributed by atoms with E-state index in [9.17, 15) is 4.79 Å². The lowest BCUT2D eigenvalue weighted by Crippen LogP contribution is -2.26. The molecule has 0 aliphatic rings. The summed E-state index contributed by atoms with van der Waals surface area (Å²) >= 11 is 1.63. The molecule has 0 unspecified atom stereocenters. The molecule has 0 bridgehead atoms. The Kier molecular flexibility index (Phi) is 3.62. The SMILES string of the molecule is Cc1cc(C(=O)N(C)Cc2ccsc2)cc(N)n1. The third-order valence-electron chi connectivity index (χ3n) is 2.57. The van der Waals surface area contributed by atoms with Gasteiger partial charge in [-0.3, -0.25) is 4.79 Å². The van der Waals surface area contributed by atoms with Gasteiger partial charge in [0.15, 0.2) is 0 Å². The number of amides is 1. The van der Waals surface area contributed by atoms with E-state index in [-0.39, 0.29) is 5.91 Å². The molecular formula is C13H15N3OS. The van der Waals surface area contributed by atoms with Gasteiger partial charge in [0.1, 0.15) is 5.82 Å². The lowest BCUT2D eigenvalue weighted by Gasteiger charge is -2.16. The molecule has 0 atom stereocenters. The maximum Gasteiger partial charge on any atom is 0.254 e. The van der Waals surface area contributed by atoms with E-state index in [1.54, 1.807) is 35.4 Å². The van der Waals surface area contributed by atoms with E-state index < -0.39 is 0 Å². The summed E-state index contributed by atoms with van der Waals surface area (Å²) in [4.78, 5) is 18.0. The fourth-order valence-corrected chi connectivity index (χ4v) is 2.43. The smallest absolute Gasteiger partial charge is 0.254 e. The standard InChI is InChI=1S/C13H15N3OS/c1-9-5-11(6-12(14)15-9)13(17)16(2)7-10-3-4-18-8-10/h3-6,8H,7H2,1-2H3,(H2,14,15). The summed E-state index contributed by atoms with van der Waals surface area (Å²) in [6.45, 7) is 2.43. The number of pyridine rings is 1. The fraction of sp³-hybridized carbons (Fsp3) is 0.231. The highest BCUT2D eigenvalue weighted by Crippen LogP contribution is 2.13. The Morgan fingerprint density at radius 2 is 2.28 bits per heavy atom. The molecule has 0 saturated heterocycles. The van der Waals surface area contributed by atoms with Crippen molar-refractivity contribution in [2.45, 2.75) is 13.5 Å². The Balaban J connectivity index is 2.15. The van der Waals surface area contributed by atoms with Gasteiger partial charge in [-0.1, -0.05) is 0 Å². The van der Waals surface area contributed by atoms with Gasteiger partial charge in [0.25, 0.3) is 5.91 Å². The molecule has 2 aromatic heterocycles. The second kappa shape index (κ2) is 5.18. The molecule has 0 fully saturated rings. The van der Waals surface area contributed by atoms with Crippen LogP contribution in [0.25, 0.3) is 0 Å². The van der Waals surface area contributed by atoms with Crippen molar-refractivity contribution in [2.75, 3.05) is 12.8 Å². The molecule has 4 nitrogen and oxygen atoms in total. The molecular weight excluding hydrogens is 246 g/mol. The number of thiophene rings is 1. The topological polar surface area (TPSA) is 59.2 Å². The molecule has 2 rings (SSSR count). The molecule has 2 heterocycles. The first-order valence-electron chi connectivity index (χ1n) is 5.57. The van der Waals surface area contributed by atoms with Gasteiger partial charge in [-0.15, -0.1) is 0 Å². The number of rotatable bonds is 3. The maximum absolute atomic E-state index is 12.2. The maximum atomic E-state index is 12.2. The number of aromatic nitrogens is 1. The van der Waals surface area contributed by atoms with E-state index in [0.29, 0.717) is 17.9 Å². The average Bonchev–Trinajstić information content (AvgIpc) is 2.79. The second-order valence-corrected chi connectivity index (χ2v) is 4.99. The molecule has 0 aliphatic heterocycles. The number of anilines is 1. The van der Waals surface area contributed by atoms with Gasteiger partial charge < -0.3 is 10.6 Å². The van der Waals surface area contributed by atoms with E-state index in [4.69, 9.17) is 5.73 Å². The van der Waals surface area contributed by atoms with Gasteiger partial charge in [-0.2, -0.15) is 11.3 Å². The van der Waals surface area contributed by atoms with Gasteiger partial charge in [-0.25, -0.2) is 4.98 Å². The van der Waals surface area contributed by atoms with Crippen LogP contribution in [0.5, 0.6) is 0 Å². The summed E-state index contributed by atoms with van der Waals surface area (Å²) in [7, 11) is 1.78. The second-order valence-electron chi connectivity index (χ2n) is 4.21. The number of carbonyl (C=O) groups excluding carboxylic acids is 1. The number of nitrogens with two attached hydrogens (primary N) is 1. The first-order valence-corrected chi connectivity index (χ1v) is 6.51. The third kappa shape index (κ3) is 2.87. The summed E-state index contributed by atoms with van der Waals surface area (Å²) < 4.78 is 0. The number of nitrogens with zero attached hydrogens (tertiary/aromatic N) is 2. The highest BCUT2D eigenvalue weighted by atomic mass is 32.1. The normalized spacial score (nSPS) is 10.3. The first kappa shape index (κ1) is 12.6. The van der Waals surface area contributed by atoms with Crippen LogP contribution in [-0.4, -0.2) is 22.8 Å². The largest absolute Gasteiger partial charge is 0.384 e. The van der Waals surface area contributed by atoms with Crippen LogP contribution in [0.3, 0.4) is 0 Å². The zero-order valence-corrected chi connectivity index (χ0v) is 11.2. The van der Waals surface area contributed by atoms with Crippen molar-refractivity contribution in [3.05, 3.63) is 45.8 Å². The molecule has 2 aromatic rings. The van der Waals surface area contributed by atoms with Crippen LogP contribution in [-0.2, 0) is 6.54 Å². The van der Waals surface area contributed by atoms with Crippen LogP contribution < -0.4 is 5.73 Å². The van der Waals surface area contributed by atoms with Gasteiger partial charge in [-0.05, 0) is 41.4 Å². The Bertz CT molecular complexity index is 531. The number of nitrogen functional groups attached to an aromatic ring is 1. The van der Waals surface area contributed by atoms with Crippen molar-refractivity contribution in [1.29, 1.82) is 0 Å². The molecule has 0 saturated carbocycles. The lowest BCUT2D eigenvalue weighted by atomic mass is 10.2. The predicted molar refractivity (Wildman–Crippen MR) is 73.5 cm³/mol. The Hall–Kier alpha value is -1.88. The number of hydrogen-bond donors (Lipinski definition) is 1. The van der Waals surface area contributed by atoms with Crippen LogP contribution in [0.15, 0.2) is 29.0 Å². The quantitative estimate of drug-likeness (QED) is 0.922. The zero-order chi connectivity index (χ0) is 13.1. The molecule has 1 amide bonds. The average molecular weight is 261 g/mol. The van der Waals surface area contributed by atoms with Crippen LogP contribution >= 0.6 is 11.3 Å². The van der Waals surface area contributed by atoms with E-state index in [1.807, 2.05) is 23.8 Å². The summed E-state index contributed by atoms with van der Waals surface area (Å²) in [5.41, 5.74) is 8.12. The monoisotopic (exact) mass is 261 g/mol. The van der Waals surface area contributed by atoms with Gasteiger partial charge in [0.2, 0.25) is 0 Å². The van der Waals surface area contributed by atoms with E-state index in [0.717, 1.165) is 11.3 Å². The highest BCUT2D eigenvalue weighted by molar-refractivity contribution is 7.07. The molecule has 0 aliphatic carbocycles. The van der Waals surface area contributed by atoms with Crippen molar-refractivity contribution >= 4 is 23.1 Å². The molecule has 18 heavy (non-hydrogen) atoms. The number of hydrogen-bond acceptors (Lipinski definition) is 4. The van der Waals surface area contributed by atoms with Crippen molar-refractivity contribution in [1.82, 2.24) is 9.88 Å². The van der Waals surface area contributed by atoms with Gasteiger partial charge in [0.05, 0.1) is 0 Å². The molecule has 0 spiro atoms. The minimum Gasteiger partial charge on any atom is -0.384 e. The van der Waals surface area contributed by atoms with Crippen molar-refractivity contribution in [2.24, 2.45) is 0 Å². The summed E-state index contributed by atoms with van der Waals surface area (Å²) in [6.07, 6.45) is 0. The summed E-state index contributed by atoms with van der Waals surface area (Å²) in [6, 6.07) is 5.38. The molecule has 2 N–H and O–H groups in total. The van der Waals surface area contributed by atoms with Crippen LogP contribution in [0, 0.1) is 6.92 Å². The zero-order valence-electron chi connectivity index (χ0n) is 10.4. The Morgan fingerprint density at radius 3 is 2.89 bits per heavy atom. The van der Waals surface area contributed by atoms with Crippen molar-refractivity contribution in [3.8, 4) is 0 Å². The van der Waals surface area contributed by atoms with Gasteiger partial charge in [0, 0.05) is 24.8 Å². The Labute approximate surface area is 110 Å². The third-order valence-corrected chi connectivity index (χ3v) is 3.30. The molecule has 0 radical (unpaired) electrons. The van der Waals surface area contributed by atoms with Crippen LogP contribution in [0.2, 0.25) is 0 Å². The van der Waals surface area contributed by atoms with Crippen molar-refractivity contribution in [3.63, 3.8) is 0 Å². The predicted octanol–water partition coefficient (Wildman–Crippen LogP) is 2.31. The van der Waals surface area contributed by atoms with Gasteiger partial charge >= 0.3 is 0 Å². The van der Waals surface area contributed by atoms with E-state index in [2.05, 4.69) is 4.98 Å². The van der Waals surface area contributed by atoms with Crippen LogP contribution in [0.4, 0.5) is 5.82 Å².